The second-order valence-electron chi connectivity index (χ2n) is 3.39. The van der Waals surface area contributed by atoms with E-state index in [2.05, 4.69) is 10.3 Å². The predicted molar refractivity (Wildman–Crippen MR) is 61.7 cm³/mol. The molecule has 2 rings (SSSR count). The van der Waals surface area contributed by atoms with Crippen LogP contribution in [0.25, 0.3) is 5.57 Å². The molecule has 17 heavy (non-hydrogen) atoms. The average molecular weight is 258 g/mol. The van der Waals surface area contributed by atoms with Crippen molar-refractivity contribution in [1.29, 1.82) is 0 Å². The van der Waals surface area contributed by atoms with Gasteiger partial charge in [0.1, 0.15) is 0 Å². The number of dihydropyridines is 1. The van der Waals surface area contributed by atoms with E-state index in [1.54, 1.807) is 30.6 Å². The first-order valence-corrected chi connectivity index (χ1v) is 5.67. The molecule has 0 saturated carbocycles. The zero-order valence-electron chi connectivity index (χ0n) is 8.66. The van der Waals surface area contributed by atoms with Crippen LogP contribution in [0.3, 0.4) is 0 Å². The molecule has 90 valence electrons. The largest absolute Gasteiger partial charge is 0.446 e. The lowest BCUT2D eigenvalue weighted by molar-refractivity contribution is -0.0322. The Morgan fingerprint density at radius 2 is 2.06 bits per heavy atom. The van der Waals surface area contributed by atoms with Crippen LogP contribution in [-0.2, 0) is 0 Å². The zero-order valence-corrected chi connectivity index (χ0v) is 9.48. The molecule has 0 fully saturated rings. The lowest BCUT2D eigenvalue weighted by Crippen LogP contribution is -2.08. The Morgan fingerprint density at radius 3 is 2.71 bits per heavy atom. The third-order valence-corrected chi connectivity index (χ3v) is 2.86. The maximum absolute atomic E-state index is 12.2. The number of hydrogen-bond donors (Lipinski definition) is 1. The fraction of sp³-hybridized carbons (Fsp3) is 0.182. The van der Waals surface area contributed by atoms with Crippen molar-refractivity contribution >= 4 is 17.3 Å². The lowest BCUT2D eigenvalue weighted by Gasteiger charge is -2.16. The number of nitrogens with zero attached hydrogens (tertiary/aromatic N) is 1. The number of pyridine rings is 1. The van der Waals surface area contributed by atoms with Gasteiger partial charge in [-0.05, 0) is 29.5 Å². The first kappa shape index (κ1) is 12.0. The molecule has 2 nitrogen and oxygen atoms in total. The molecule has 1 aromatic rings. The van der Waals surface area contributed by atoms with Crippen LogP contribution in [0.2, 0.25) is 0 Å². The van der Waals surface area contributed by atoms with Gasteiger partial charge in [0.05, 0.1) is 5.69 Å². The van der Waals surface area contributed by atoms with E-state index in [1.165, 1.54) is 6.20 Å². The molecule has 1 N–H and O–H groups in total. The van der Waals surface area contributed by atoms with Crippen LogP contribution in [-0.4, -0.2) is 10.5 Å². The Hall–Kier alpha value is -1.43. The number of aromatic nitrogens is 1. The van der Waals surface area contributed by atoms with Crippen LogP contribution in [0.15, 0.2) is 41.7 Å². The van der Waals surface area contributed by atoms with E-state index in [0.717, 1.165) is 5.57 Å². The second-order valence-corrected chi connectivity index (χ2v) is 4.58. The van der Waals surface area contributed by atoms with Gasteiger partial charge in [-0.3, -0.25) is 4.98 Å². The smallest absolute Gasteiger partial charge is 0.367 e. The number of nitrogens with one attached hydrogen (secondary N) is 1. The first-order chi connectivity index (χ1) is 8.04. The molecule has 0 spiro atoms. The number of hydrogen-bond acceptors (Lipinski definition) is 3. The van der Waals surface area contributed by atoms with Crippen LogP contribution in [0.5, 0.6) is 0 Å². The van der Waals surface area contributed by atoms with Gasteiger partial charge in [-0.15, -0.1) is 0 Å². The van der Waals surface area contributed by atoms with E-state index in [0.29, 0.717) is 5.69 Å². The summed E-state index contributed by atoms with van der Waals surface area (Å²) in [7, 11) is 0. The van der Waals surface area contributed by atoms with Crippen LogP contribution >= 0.6 is 11.8 Å². The van der Waals surface area contributed by atoms with Crippen molar-refractivity contribution in [2.45, 2.75) is 11.9 Å². The van der Waals surface area contributed by atoms with Crippen molar-refractivity contribution in [3.63, 3.8) is 0 Å². The molecule has 0 aliphatic carbocycles. The van der Waals surface area contributed by atoms with Gasteiger partial charge in [0.15, 0.2) is 0 Å². The Balaban J connectivity index is 2.08. The summed E-state index contributed by atoms with van der Waals surface area (Å²) in [5.41, 5.74) is -2.81. The van der Waals surface area contributed by atoms with E-state index in [1.807, 2.05) is 0 Å². The van der Waals surface area contributed by atoms with Crippen LogP contribution < -0.4 is 5.32 Å². The van der Waals surface area contributed by atoms with Crippen molar-refractivity contribution in [1.82, 2.24) is 10.3 Å². The van der Waals surface area contributed by atoms with Crippen molar-refractivity contribution in [2.24, 2.45) is 0 Å². The highest BCUT2D eigenvalue weighted by molar-refractivity contribution is 8.03. The zero-order chi connectivity index (χ0) is 12.3. The van der Waals surface area contributed by atoms with E-state index < -0.39 is 5.51 Å². The molecule has 0 unspecified atom stereocenters. The van der Waals surface area contributed by atoms with Crippen LogP contribution in [0.1, 0.15) is 12.1 Å². The van der Waals surface area contributed by atoms with Crippen LogP contribution in [0, 0.1) is 0 Å². The van der Waals surface area contributed by atoms with E-state index in [-0.39, 0.29) is 23.1 Å². The van der Waals surface area contributed by atoms with Gasteiger partial charge in [-0.25, -0.2) is 0 Å². The minimum absolute atomic E-state index is 0.0939. The van der Waals surface area contributed by atoms with Crippen molar-refractivity contribution < 1.29 is 13.2 Å². The molecule has 1 aliphatic rings. The second kappa shape index (κ2) is 4.83. The summed E-state index contributed by atoms with van der Waals surface area (Å²) < 4.78 is 36.7. The summed E-state index contributed by atoms with van der Waals surface area (Å²) in [6.45, 7) is 0. The van der Waals surface area contributed by atoms with Crippen molar-refractivity contribution in [3.8, 4) is 0 Å². The number of allylic oxidation sites excluding steroid dienone is 2. The molecule has 0 aromatic carbocycles. The monoisotopic (exact) mass is 258 g/mol. The van der Waals surface area contributed by atoms with E-state index in [4.69, 9.17) is 0 Å². The van der Waals surface area contributed by atoms with E-state index >= 15 is 0 Å². The summed E-state index contributed by atoms with van der Waals surface area (Å²) in [5, 5.41) is 2.72. The average Bonchev–Trinajstić information content (AvgIpc) is 2.28. The number of rotatable bonds is 2. The van der Waals surface area contributed by atoms with Gasteiger partial charge in [-0.1, -0.05) is 6.07 Å². The number of alkyl halides is 3. The third kappa shape index (κ3) is 3.52. The topological polar surface area (TPSA) is 24.9 Å². The fourth-order valence-electron chi connectivity index (χ4n) is 1.46. The standard InChI is InChI=1S/C11H9F3N2S/c12-11(13,14)17-9-5-8(6-15-7-9)10-3-1-2-4-16-10/h1-4,6-7,15H,5H2. The molecule has 0 saturated heterocycles. The molecule has 0 radical (unpaired) electrons. The molecule has 2 heterocycles. The predicted octanol–water partition coefficient (Wildman–Crippen LogP) is 3.51. The Labute approximate surface area is 101 Å². The maximum atomic E-state index is 12.2. The van der Waals surface area contributed by atoms with Gasteiger partial charge in [0.25, 0.3) is 0 Å². The summed E-state index contributed by atoms with van der Waals surface area (Å²) in [4.78, 5) is 4.34. The highest BCUT2D eigenvalue weighted by Crippen LogP contribution is 2.40. The lowest BCUT2D eigenvalue weighted by atomic mass is 10.1. The highest BCUT2D eigenvalue weighted by Gasteiger charge is 2.31. The van der Waals surface area contributed by atoms with Gasteiger partial charge >= 0.3 is 5.51 Å². The molecular weight excluding hydrogens is 249 g/mol. The Kier molecular flexibility index (Phi) is 3.42. The molecule has 1 aliphatic heterocycles. The number of halogens is 3. The van der Waals surface area contributed by atoms with Crippen LogP contribution in [0.4, 0.5) is 13.2 Å². The van der Waals surface area contributed by atoms with Gasteiger partial charge in [0.2, 0.25) is 0 Å². The van der Waals surface area contributed by atoms with Gasteiger partial charge in [0, 0.05) is 29.9 Å². The van der Waals surface area contributed by atoms with Crippen molar-refractivity contribution in [2.75, 3.05) is 0 Å². The summed E-state index contributed by atoms with van der Waals surface area (Å²) >= 11 is -0.0939. The first-order valence-electron chi connectivity index (χ1n) is 4.86. The Morgan fingerprint density at radius 1 is 1.24 bits per heavy atom. The molecule has 0 bridgehead atoms. The highest BCUT2D eigenvalue weighted by atomic mass is 32.2. The SMILES string of the molecule is FC(F)(F)SC1=CNC=C(c2ccccn2)C1. The van der Waals surface area contributed by atoms with Gasteiger partial charge < -0.3 is 5.32 Å². The normalized spacial score (nSPS) is 15.9. The third-order valence-electron chi connectivity index (χ3n) is 2.11. The quantitative estimate of drug-likeness (QED) is 0.878. The summed E-state index contributed by atoms with van der Waals surface area (Å²) in [5.74, 6) is 0. The molecule has 0 amide bonds. The maximum Gasteiger partial charge on any atom is 0.446 e. The molecule has 0 atom stereocenters. The molecular formula is C11H9F3N2S. The van der Waals surface area contributed by atoms with E-state index in [9.17, 15) is 13.2 Å². The summed E-state index contributed by atoms with van der Waals surface area (Å²) in [6, 6.07) is 5.34. The minimum Gasteiger partial charge on any atom is -0.367 e. The van der Waals surface area contributed by atoms with Gasteiger partial charge in [-0.2, -0.15) is 13.2 Å². The number of thioether (sulfide) groups is 1. The fourth-order valence-corrected chi connectivity index (χ4v) is 2.11. The Bertz CT molecular complexity index is 452. The molecule has 1 aromatic heterocycles. The minimum atomic E-state index is -4.25. The molecule has 6 heteroatoms. The van der Waals surface area contributed by atoms with Crippen molar-refractivity contribution in [3.05, 3.63) is 47.4 Å². The summed E-state index contributed by atoms with van der Waals surface area (Å²) in [6.07, 6.45) is 4.90.